The Morgan fingerprint density at radius 3 is 2.36 bits per heavy atom. The molecule has 0 aliphatic rings. The van der Waals surface area contributed by atoms with E-state index in [-0.39, 0.29) is 16.1 Å². The summed E-state index contributed by atoms with van der Waals surface area (Å²) in [6.07, 6.45) is -4.57. The van der Waals surface area contributed by atoms with Crippen LogP contribution in [0.2, 0.25) is 0 Å². The number of nitrogens with zero attached hydrogens (tertiary/aromatic N) is 1. The van der Waals surface area contributed by atoms with Gasteiger partial charge in [0.05, 0.1) is 22.1 Å². The zero-order valence-electron chi connectivity index (χ0n) is 10.9. The summed E-state index contributed by atoms with van der Waals surface area (Å²) in [4.78, 5) is -0.205. The Hall–Kier alpha value is -2.53. The van der Waals surface area contributed by atoms with Gasteiger partial charge in [0.2, 0.25) is 0 Å². The van der Waals surface area contributed by atoms with E-state index in [2.05, 4.69) is 4.72 Å². The Labute approximate surface area is 124 Å². The number of anilines is 1. The molecule has 0 spiro atoms. The van der Waals surface area contributed by atoms with Crippen molar-refractivity contribution in [3.05, 3.63) is 59.7 Å². The number of hydrogen-bond acceptors (Lipinski definition) is 3. The second-order valence-corrected chi connectivity index (χ2v) is 6.01. The summed E-state index contributed by atoms with van der Waals surface area (Å²) in [5.41, 5.74) is -1.04. The van der Waals surface area contributed by atoms with E-state index in [0.29, 0.717) is 6.07 Å². The first-order valence-corrected chi connectivity index (χ1v) is 7.41. The minimum atomic E-state index is -4.57. The Morgan fingerprint density at radius 1 is 1.05 bits per heavy atom. The number of nitrogens with one attached hydrogen (secondary N) is 1. The van der Waals surface area contributed by atoms with E-state index in [9.17, 15) is 21.6 Å². The summed E-state index contributed by atoms with van der Waals surface area (Å²) >= 11 is 0. The number of sulfonamides is 1. The van der Waals surface area contributed by atoms with Gasteiger partial charge in [0.15, 0.2) is 0 Å². The molecule has 0 heterocycles. The highest BCUT2D eigenvalue weighted by molar-refractivity contribution is 7.92. The summed E-state index contributed by atoms with van der Waals surface area (Å²) < 4.78 is 64.1. The SMILES string of the molecule is N#Cc1cccc(S(=O)(=O)Nc2cccc(C(F)(F)F)c2)c1. The maximum Gasteiger partial charge on any atom is 0.416 e. The van der Waals surface area contributed by atoms with Crippen LogP contribution in [0.5, 0.6) is 0 Å². The van der Waals surface area contributed by atoms with Crippen LogP contribution in [0.4, 0.5) is 18.9 Å². The van der Waals surface area contributed by atoms with Crippen molar-refractivity contribution in [1.29, 1.82) is 5.26 Å². The van der Waals surface area contributed by atoms with Crippen molar-refractivity contribution in [3.8, 4) is 6.07 Å². The maximum absolute atomic E-state index is 12.6. The standard InChI is InChI=1S/C14H9F3N2O2S/c15-14(16,17)11-4-2-5-12(8-11)19-22(20,21)13-6-1-3-10(7-13)9-18/h1-8,19H. The van der Waals surface area contributed by atoms with Gasteiger partial charge in [-0.1, -0.05) is 12.1 Å². The van der Waals surface area contributed by atoms with E-state index < -0.39 is 21.8 Å². The molecule has 2 aromatic carbocycles. The first kappa shape index (κ1) is 15.9. The van der Waals surface area contributed by atoms with Gasteiger partial charge in [0.1, 0.15) is 0 Å². The number of halogens is 3. The molecule has 0 radical (unpaired) electrons. The average Bonchev–Trinajstić information content (AvgIpc) is 2.46. The van der Waals surface area contributed by atoms with E-state index in [1.165, 1.54) is 24.3 Å². The molecule has 0 bridgehead atoms. The van der Waals surface area contributed by atoms with Crippen LogP contribution < -0.4 is 4.72 Å². The minimum absolute atomic E-state index is 0.131. The predicted molar refractivity (Wildman–Crippen MR) is 73.4 cm³/mol. The molecule has 114 valence electrons. The maximum atomic E-state index is 12.6. The Balaban J connectivity index is 2.35. The van der Waals surface area contributed by atoms with E-state index in [1.54, 1.807) is 6.07 Å². The summed E-state index contributed by atoms with van der Waals surface area (Å²) in [7, 11) is -4.08. The van der Waals surface area contributed by atoms with E-state index in [0.717, 1.165) is 18.2 Å². The average molecular weight is 326 g/mol. The zero-order chi connectivity index (χ0) is 16.4. The minimum Gasteiger partial charge on any atom is -0.280 e. The first-order valence-electron chi connectivity index (χ1n) is 5.92. The van der Waals surface area contributed by atoms with Crippen LogP contribution in [-0.4, -0.2) is 8.42 Å². The lowest BCUT2D eigenvalue weighted by molar-refractivity contribution is -0.137. The smallest absolute Gasteiger partial charge is 0.280 e. The number of rotatable bonds is 3. The van der Waals surface area contributed by atoms with Crippen LogP contribution in [-0.2, 0) is 16.2 Å². The number of alkyl halides is 3. The molecule has 0 saturated carbocycles. The Kier molecular flexibility index (Phi) is 4.10. The van der Waals surface area contributed by atoms with Gasteiger partial charge in [-0.3, -0.25) is 4.72 Å². The fourth-order valence-corrected chi connectivity index (χ4v) is 2.80. The monoisotopic (exact) mass is 326 g/mol. The van der Waals surface area contributed by atoms with Gasteiger partial charge in [-0.2, -0.15) is 18.4 Å². The molecule has 0 saturated heterocycles. The molecule has 0 fully saturated rings. The van der Waals surface area contributed by atoms with Crippen molar-refractivity contribution >= 4 is 15.7 Å². The van der Waals surface area contributed by atoms with Crippen LogP contribution in [0.15, 0.2) is 53.4 Å². The van der Waals surface area contributed by atoms with Crippen LogP contribution in [0.1, 0.15) is 11.1 Å². The van der Waals surface area contributed by atoms with Crippen molar-refractivity contribution in [3.63, 3.8) is 0 Å². The topological polar surface area (TPSA) is 70.0 Å². The molecule has 22 heavy (non-hydrogen) atoms. The normalized spacial score (nSPS) is 11.7. The fourth-order valence-electron chi connectivity index (χ4n) is 1.71. The van der Waals surface area contributed by atoms with Crippen molar-refractivity contribution in [2.45, 2.75) is 11.1 Å². The molecule has 0 aliphatic carbocycles. The van der Waals surface area contributed by atoms with Crippen LogP contribution >= 0.6 is 0 Å². The summed E-state index contributed by atoms with van der Waals surface area (Å²) in [5.74, 6) is 0. The van der Waals surface area contributed by atoms with Gasteiger partial charge in [0.25, 0.3) is 10.0 Å². The third-order valence-electron chi connectivity index (χ3n) is 2.72. The van der Waals surface area contributed by atoms with Crippen molar-refractivity contribution in [2.75, 3.05) is 4.72 Å². The van der Waals surface area contributed by atoms with Crippen LogP contribution in [0.3, 0.4) is 0 Å². The molecule has 0 aliphatic heterocycles. The molecule has 0 amide bonds. The van der Waals surface area contributed by atoms with Gasteiger partial charge in [0, 0.05) is 5.69 Å². The molecule has 1 N–H and O–H groups in total. The van der Waals surface area contributed by atoms with Gasteiger partial charge in [-0.05, 0) is 36.4 Å². The molecule has 0 unspecified atom stereocenters. The second-order valence-electron chi connectivity index (χ2n) is 4.32. The highest BCUT2D eigenvalue weighted by atomic mass is 32.2. The van der Waals surface area contributed by atoms with E-state index in [4.69, 9.17) is 5.26 Å². The Bertz CT molecular complexity index is 840. The fraction of sp³-hybridized carbons (Fsp3) is 0.0714. The van der Waals surface area contributed by atoms with E-state index >= 15 is 0 Å². The first-order chi connectivity index (χ1) is 10.2. The highest BCUT2D eigenvalue weighted by Crippen LogP contribution is 2.31. The number of hydrogen-bond donors (Lipinski definition) is 1. The lowest BCUT2D eigenvalue weighted by atomic mass is 10.2. The molecular formula is C14H9F3N2O2S. The summed E-state index contributed by atoms with van der Waals surface area (Å²) in [6, 6.07) is 10.8. The molecule has 2 rings (SSSR count). The molecule has 4 nitrogen and oxygen atoms in total. The van der Waals surface area contributed by atoms with Gasteiger partial charge < -0.3 is 0 Å². The molecule has 2 aromatic rings. The van der Waals surface area contributed by atoms with E-state index in [1.807, 2.05) is 0 Å². The van der Waals surface area contributed by atoms with Gasteiger partial charge >= 0.3 is 6.18 Å². The summed E-state index contributed by atoms with van der Waals surface area (Å²) in [6.45, 7) is 0. The van der Waals surface area contributed by atoms with Gasteiger partial charge in [-0.25, -0.2) is 8.42 Å². The largest absolute Gasteiger partial charge is 0.416 e. The third kappa shape index (κ3) is 3.56. The molecule has 0 atom stereocenters. The highest BCUT2D eigenvalue weighted by Gasteiger charge is 2.30. The van der Waals surface area contributed by atoms with Gasteiger partial charge in [-0.15, -0.1) is 0 Å². The van der Waals surface area contributed by atoms with Crippen molar-refractivity contribution in [2.24, 2.45) is 0 Å². The Morgan fingerprint density at radius 2 is 1.73 bits per heavy atom. The van der Waals surface area contributed by atoms with Crippen LogP contribution in [0.25, 0.3) is 0 Å². The zero-order valence-corrected chi connectivity index (χ0v) is 11.7. The lowest BCUT2D eigenvalue weighted by Crippen LogP contribution is -2.14. The second kappa shape index (κ2) is 5.69. The van der Waals surface area contributed by atoms with Crippen LogP contribution in [0, 0.1) is 11.3 Å². The third-order valence-corrected chi connectivity index (χ3v) is 4.09. The summed E-state index contributed by atoms with van der Waals surface area (Å²) in [5, 5.41) is 8.75. The quantitative estimate of drug-likeness (QED) is 0.940. The number of benzene rings is 2. The molecular weight excluding hydrogens is 317 g/mol. The number of nitriles is 1. The lowest BCUT2D eigenvalue weighted by Gasteiger charge is -2.11. The van der Waals surface area contributed by atoms with Crippen molar-refractivity contribution in [1.82, 2.24) is 0 Å². The molecule has 8 heteroatoms. The predicted octanol–water partition coefficient (Wildman–Crippen LogP) is 3.38. The van der Waals surface area contributed by atoms with Crippen molar-refractivity contribution < 1.29 is 21.6 Å². The molecule has 0 aromatic heterocycles.